The largest absolute Gasteiger partial charge is 0.394 e. The number of rotatable bonds is 48. The molecule has 0 rings (SSSR count). The van der Waals surface area contributed by atoms with E-state index >= 15 is 0 Å². The zero-order valence-electron chi connectivity index (χ0n) is 35.5. The maximum Gasteiger partial charge on any atom is 0.0698 e. The third-order valence-electron chi connectivity index (χ3n) is 9.19. The van der Waals surface area contributed by atoms with Gasteiger partial charge in [0.15, 0.2) is 0 Å². The Morgan fingerprint density at radius 3 is 0.821 bits per heavy atom. The smallest absolute Gasteiger partial charge is 0.0698 e. The first-order valence-electron chi connectivity index (χ1n) is 21.2. The van der Waals surface area contributed by atoms with Crippen molar-refractivity contribution in [2.45, 2.75) is 13.8 Å². The molecule has 0 unspecified atom stereocenters. The Morgan fingerprint density at radius 2 is 0.536 bits per heavy atom. The van der Waals surface area contributed by atoms with Crippen LogP contribution in [0.25, 0.3) is 0 Å². The molecule has 0 aromatic heterocycles. The first-order chi connectivity index (χ1) is 27.6. The van der Waals surface area contributed by atoms with Crippen LogP contribution >= 0.6 is 0 Å². The molecule has 0 aliphatic rings. The Morgan fingerprint density at radius 1 is 0.286 bits per heavy atom. The lowest BCUT2D eigenvalue weighted by molar-refractivity contribution is 0.0641. The number of hydrogen-bond donors (Lipinski definition) is 8. The van der Waals surface area contributed by atoms with E-state index in [-0.39, 0.29) is 33.0 Å². The fourth-order valence-electron chi connectivity index (χ4n) is 5.75. The number of aliphatic hydroxyl groups is 5. The van der Waals surface area contributed by atoms with Gasteiger partial charge in [-0.1, -0.05) is 13.8 Å². The van der Waals surface area contributed by atoms with Gasteiger partial charge in [0.05, 0.1) is 99.1 Å². The van der Waals surface area contributed by atoms with Gasteiger partial charge < -0.3 is 70.1 Å². The van der Waals surface area contributed by atoms with Crippen molar-refractivity contribution in [1.82, 2.24) is 40.4 Å². The molecule has 338 valence electrons. The van der Waals surface area contributed by atoms with Crippen molar-refractivity contribution in [3.63, 3.8) is 0 Å². The van der Waals surface area contributed by atoms with Crippen molar-refractivity contribution in [2.24, 2.45) is 0 Å². The Balaban J connectivity index is 5.56. The van der Waals surface area contributed by atoms with E-state index in [1.165, 1.54) is 0 Å². The van der Waals surface area contributed by atoms with Crippen LogP contribution < -0.4 is 16.0 Å². The SMILES string of the molecule is CCN(CC)CCN(CCNCCOCCO)CCN(CCOCCO)CCN(CCNCCOCCO)CCN(CCNCCOCCO)CCOCCO. The molecule has 0 spiro atoms. The fourth-order valence-corrected chi connectivity index (χ4v) is 5.75. The van der Waals surface area contributed by atoms with Crippen LogP contribution in [0.3, 0.4) is 0 Å². The predicted octanol–water partition coefficient (Wildman–Crippen LogP) is -3.65. The number of aliphatic hydroxyl groups excluding tert-OH is 5. The van der Waals surface area contributed by atoms with Crippen LogP contribution in [-0.4, -0.2) is 287 Å². The molecule has 0 bridgehead atoms. The molecular weight excluding hydrogens is 728 g/mol. The molecule has 0 aromatic carbocycles. The molecule has 0 aromatic rings. The van der Waals surface area contributed by atoms with Gasteiger partial charge in [0.2, 0.25) is 0 Å². The Labute approximate surface area is 339 Å². The quantitative estimate of drug-likeness (QED) is 0.0280. The Kier molecular flexibility index (Phi) is 44.8. The minimum Gasteiger partial charge on any atom is -0.394 e. The normalized spacial score (nSPS) is 12.2. The second-order valence-corrected chi connectivity index (χ2v) is 13.3. The summed E-state index contributed by atoms with van der Waals surface area (Å²) in [5.41, 5.74) is 0. The van der Waals surface area contributed by atoms with E-state index in [4.69, 9.17) is 39.0 Å². The highest BCUT2D eigenvalue weighted by atomic mass is 16.5. The number of nitrogens with zero attached hydrogens (tertiary/aromatic N) is 5. The van der Waals surface area contributed by atoms with Gasteiger partial charge in [0, 0.05) is 124 Å². The highest BCUT2D eigenvalue weighted by Crippen LogP contribution is 2.00. The zero-order valence-corrected chi connectivity index (χ0v) is 35.5. The molecular formula is C38H86N8O10. The molecule has 0 radical (unpaired) electrons. The molecule has 0 aliphatic heterocycles. The van der Waals surface area contributed by atoms with Gasteiger partial charge in [0.25, 0.3) is 0 Å². The van der Waals surface area contributed by atoms with Gasteiger partial charge in [-0.2, -0.15) is 0 Å². The molecule has 56 heavy (non-hydrogen) atoms. The fraction of sp³-hybridized carbons (Fsp3) is 1.00. The van der Waals surface area contributed by atoms with E-state index < -0.39 is 0 Å². The molecule has 18 nitrogen and oxygen atoms in total. The van der Waals surface area contributed by atoms with Crippen molar-refractivity contribution in [3.8, 4) is 0 Å². The van der Waals surface area contributed by atoms with Crippen LogP contribution in [0.4, 0.5) is 0 Å². The molecule has 0 heterocycles. The second-order valence-electron chi connectivity index (χ2n) is 13.3. The minimum atomic E-state index is 0.00881. The first kappa shape index (κ1) is 55.3. The number of hydrogen-bond acceptors (Lipinski definition) is 18. The minimum absolute atomic E-state index is 0.00881. The van der Waals surface area contributed by atoms with E-state index in [1.54, 1.807) is 0 Å². The summed E-state index contributed by atoms with van der Waals surface area (Å²) in [7, 11) is 0. The maximum absolute atomic E-state index is 9.30. The van der Waals surface area contributed by atoms with Crippen LogP contribution in [0.1, 0.15) is 13.8 Å². The molecule has 18 heteroatoms. The van der Waals surface area contributed by atoms with E-state index in [0.717, 1.165) is 137 Å². The van der Waals surface area contributed by atoms with Crippen molar-refractivity contribution in [1.29, 1.82) is 0 Å². The summed E-state index contributed by atoms with van der Waals surface area (Å²) in [6.45, 7) is 27.3. The van der Waals surface area contributed by atoms with E-state index in [2.05, 4.69) is 54.3 Å². The molecule has 0 aliphatic carbocycles. The molecule has 8 N–H and O–H groups in total. The van der Waals surface area contributed by atoms with Gasteiger partial charge in [-0.3, -0.25) is 19.6 Å². The van der Waals surface area contributed by atoms with Gasteiger partial charge >= 0.3 is 0 Å². The lowest BCUT2D eigenvalue weighted by Crippen LogP contribution is -2.46. The standard InChI is InChI=1S/C38H86N8O10/c1-3-42(4-2)14-15-43(11-5-39-8-29-52-34-24-47)17-20-46(23-33-56-38-28-51)21-18-44(12-6-40-9-30-53-35-25-48)16-19-45(22-32-55-37-27-50)13-7-41-10-31-54-36-26-49/h39-41,47-51H,3-38H2,1-2H3. The topological polar surface area (TPSA) is 200 Å². The number of nitrogens with one attached hydrogen (secondary N) is 3. The summed E-state index contributed by atoms with van der Waals surface area (Å²) in [6.07, 6.45) is 0. The second kappa shape index (κ2) is 45.4. The van der Waals surface area contributed by atoms with Crippen LogP contribution in [0.15, 0.2) is 0 Å². The zero-order chi connectivity index (χ0) is 41.0. The number of likely N-dealkylation sites (N-methyl/N-ethyl adjacent to an activating group) is 1. The summed E-state index contributed by atoms with van der Waals surface area (Å²) in [4.78, 5) is 12.4. The number of ether oxygens (including phenoxy) is 5. The van der Waals surface area contributed by atoms with Crippen LogP contribution in [0, 0.1) is 0 Å². The average Bonchev–Trinajstić information content (AvgIpc) is 3.21. The van der Waals surface area contributed by atoms with Gasteiger partial charge in [-0.05, 0) is 13.1 Å². The van der Waals surface area contributed by atoms with E-state index in [9.17, 15) is 10.2 Å². The first-order valence-corrected chi connectivity index (χ1v) is 21.2. The molecule has 0 amide bonds. The maximum atomic E-state index is 9.30. The predicted molar refractivity (Wildman–Crippen MR) is 222 cm³/mol. The van der Waals surface area contributed by atoms with Gasteiger partial charge in [-0.15, -0.1) is 0 Å². The average molecular weight is 815 g/mol. The summed E-state index contributed by atoms with van der Waals surface area (Å²) < 4.78 is 27.5. The highest BCUT2D eigenvalue weighted by Gasteiger charge is 2.15. The summed E-state index contributed by atoms with van der Waals surface area (Å²) in [6, 6.07) is 0. The summed E-state index contributed by atoms with van der Waals surface area (Å²) in [5, 5.41) is 55.8. The third kappa shape index (κ3) is 37.5. The van der Waals surface area contributed by atoms with Crippen molar-refractivity contribution in [2.75, 3.05) is 237 Å². The highest BCUT2D eigenvalue weighted by molar-refractivity contribution is 4.72. The van der Waals surface area contributed by atoms with Crippen LogP contribution in [-0.2, 0) is 23.7 Å². The third-order valence-corrected chi connectivity index (χ3v) is 9.19. The summed E-state index contributed by atoms with van der Waals surface area (Å²) in [5.74, 6) is 0. The van der Waals surface area contributed by atoms with Crippen molar-refractivity contribution >= 4 is 0 Å². The van der Waals surface area contributed by atoms with Crippen LogP contribution in [0.5, 0.6) is 0 Å². The lowest BCUT2D eigenvalue weighted by Gasteiger charge is -2.32. The van der Waals surface area contributed by atoms with Crippen LogP contribution in [0.2, 0.25) is 0 Å². The summed E-state index contributed by atoms with van der Waals surface area (Å²) >= 11 is 0. The molecule has 0 atom stereocenters. The molecule has 0 saturated heterocycles. The molecule has 0 fully saturated rings. The van der Waals surface area contributed by atoms with Gasteiger partial charge in [-0.25, -0.2) is 0 Å². The Bertz CT molecular complexity index is 759. The molecule has 0 saturated carbocycles. The Hall–Kier alpha value is -0.720. The van der Waals surface area contributed by atoms with Crippen molar-refractivity contribution < 1.29 is 49.2 Å². The lowest BCUT2D eigenvalue weighted by atomic mass is 10.3. The monoisotopic (exact) mass is 815 g/mol. The van der Waals surface area contributed by atoms with Gasteiger partial charge in [0.1, 0.15) is 0 Å². The van der Waals surface area contributed by atoms with Crippen molar-refractivity contribution in [3.05, 3.63) is 0 Å². The van der Waals surface area contributed by atoms with E-state index in [1.807, 2.05) is 0 Å². The van der Waals surface area contributed by atoms with E-state index in [0.29, 0.717) is 66.1 Å².